The number of carbonyl (C=O) groups excluding carboxylic acids is 1. The van der Waals surface area contributed by atoms with E-state index in [0.717, 1.165) is 29.9 Å². The number of unbranched alkanes of at least 4 members (excludes halogenated alkanes) is 4. The molecule has 3 atom stereocenters. The molecule has 0 spiro atoms. The number of rotatable bonds is 7. The van der Waals surface area contributed by atoms with Crippen LogP contribution in [-0.4, -0.2) is 11.6 Å². The van der Waals surface area contributed by atoms with E-state index in [-0.39, 0.29) is 11.6 Å². The standard InChI is InChI=1S/C25H38O3/c1-6-7-8-9-10-11-19-15-22(27-18(3)26)24-20-14-17(2)12-13-21(20)25(4,5)28-23(24)16-19/h15-17,20-21H,6-14H2,1-5H3/t17-,20-,21-/m1/s1. The molecule has 0 unspecified atom stereocenters. The molecule has 28 heavy (non-hydrogen) atoms. The van der Waals surface area contributed by atoms with Crippen LogP contribution in [0.25, 0.3) is 0 Å². The number of esters is 1. The van der Waals surface area contributed by atoms with Crippen molar-refractivity contribution in [2.75, 3.05) is 0 Å². The number of benzene rings is 1. The second-order valence-electron chi connectivity index (χ2n) is 9.60. The SMILES string of the molecule is CCCCCCCc1cc(OC(C)=O)c2c(c1)OC(C)(C)[C@@H]1CC[C@@H](C)C[C@@H]21. The van der Waals surface area contributed by atoms with E-state index in [1.807, 2.05) is 0 Å². The summed E-state index contributed by atoms with van der Waals surface area (Å²) in [4.78, 5) is 11.8. The summed E-state index contributed by atoms with van der Waals surface area (Å²) < 4.78 is 12.3. The number of hydrogen-bond donors (Lipinski definition) is 0. The Labute approximate surface area is 171 Å². The fraction of sp³-hybridized carbons (Fsp3) is 0.720. The van der Waals surface area contributed by atoms with E-state index in [0.29, 0.717) is 17.8 Å². The highest BCUT2D eigenvalue weighted by Crippen LogP contribution is 2.55. The van der Waals surface area contributed by atoms with Crippen molar-refractivity contribution < 1.29 is 14.3 Å². The van der Waals surface area contributed by atoms with Crippen molar-refractivity contribution in [1.82, 2.24) is 0 Å². The zero-order valence-corrected chi connectivity index (χ0v) is 18.5. The quantitative estimate of drug-likeness (QED) is 0.293. The van der Waals surface area contributed by atoms with Crippen LogP contribution in [0, 0.1) is 11.8 Å². The minimum absolute atomic E-state index is 0.176. The van der Waals surface area contributed by atoms with Crippen molar-refractivity contribution in [2.24, 2.45) is 11.8 Å². The smallest absolute Gasteiger partial charge is 0.308 e. The van der Waals surface area contributed by atoms with Crippen molar-refractivity contribution in [1.29, 1.82) is 0 Å². The third kappa shape index (κ3) is 4.72. The summed E-state index contributed by atoms with van der Waals surface area (Å²) in [6.07, 6.45) is 10.9. The highest BCUT2D eigenvalue weighted by Gasteiger charge is 2.47. The molecule has 0 amide bonds. The summed E-state index contributed by atoms with van der Waals surface area (Å²) >= 11 is 0. The zero-order chi connectivity index (χ0) is 20.3. The first-order chi connectivity index (χ1) is 13.3. The van der Waals surface area contributed by atoms with Crippen LogP contribution in [0.4, 0.5) is 0 Å². The first-order valence-electron chi connectivity index (χ1n) is 11.4. The normalized spacial score (nSPS) is 25.4. The number of aryl methyl sites for hydroxylation is 1. The van der Waals surface area contributed by atoms with Crippen LogP contribution in [0.5, 0.6) is 11.5 Å². The van der Waals surface area contributed by atoms with E-state index in [4.69, 9.17) is 9.47 Å². The van der Waals surface area contributed by atoms with E-state index in [9.17, 15) is 4.79 Å². The molecule has 1 fully saturated rings. The van der Waals surface area contributed by atoms with Crippen LogP contribution in [0.1, 0.15) is 103 Å². The van der Waals surface area contributed by atoms with Crippen LogP contribution in [0.3, 0.4) is 0 Å². The van der Waals surface area contributed by atoms with Crippen molar-refractivity contribution in [3.05, 3.63) is 23.3 Å². The predicted octanol–water partition coefficient (Wildman–Crippen LogP) is 6.82. The van der Waals surface area contributed by atoms with Crippen molar-refractivity contribution in [2.45, 2.75) is 104 Å². The summed E-state index contributed by atoms with van der Waals surface area (Å²) in [5, 5.41) is 0. The van der Waals surface area contributed by atoms with Gasteiger partial charge in [-0.15, -0.1) is 0 Å². The number of fused-ring (bicyclic) bond motifs is 3. The molecule has 1 saturated carbocycles. The van der Waals surface area contributed by atoms with Crippen LogP contribution in [0.15, 0.2) is 12.1 Å². The lowest BCUT2D eigenvalue weighted by molar-refractivity contribution is -0.132. The highest BCUT2D eigenvalue weighted by atomic mass is 16.5. The van der Waals surface area contributed by atoms with Crippen LogP contribution in [-0.2, 0) is 11.2 Å². The molecule has 3 heteroatoms. The fourth-order valence-electron chi connectivity index (χ4n) is 5.31. The van der Waals surface area contributed by atoms with E-state index in [1.165, 1.54) is 57.4 Å². The molecule has 1 aliphatic heterocycles. The average molecular weight is 387 g/mol. The third-order valence-electron chi connectivity index (χ3n) is 6.74. The lowest BCUT2D eigenvalue weighted by atomic mass is 9.64. The molecule has 0 N–H and O–H groups in total. The lowest BCUT2D eigenvalue weighted by Gasteiger charge is -2.49. The van der Waals surface area contributed by atoms with Gasteiger partial charge in [-0.1, -0.05) is 46.0 Å². The Morgan fingerprint density at radius 1 is 1.18 bits per heavy atom. The zero-order valence-electron chi connectivity index (χ0n) is 18.5. The third-order valence-corrected chi connectivity index (χ3v) is 6.74. The van der Waals surface area contributed by atoms with Crippen molar-refractivity contribution in [3.8, 4) is 11.5 Å². The van der Waals surface area contributed by atoms with Gasteiger partial charge in [0.2, 0.25) is 0 Å². The Morgan fingerprint density at radius 2 is 1.93 bits per heavy atom. The molecular weight excluding hydrogens is 348 g/mol. The second kappa shape index (κ2) is 8.88. The van der Waals surface area contributed by atoms with Gasteiger partial charge in [0.1, 0.15) is 17.1 Å². The molecule has 0 bridgehead atoms. The van der Waals surface area contributed by atoms with Gasteiger partial charge < -0.3 is 9.47 Å². The Morgan fingerprint density at radius 3 is 2.64 bits per heavy atom. The molecule has 1 heterocycles. The van der Waals surface area contributed by atoms with E-state index in [2.05, 4.69) is 39.8 Å². The minimum atomic E-state index is -0.243. The van der Waals surface area contributed by atoms with Gasteiger partial charge >= 0.3 is 5.97 Å². The van der Waals surface area contributed by atoms with Crippen LogP contribution in [0.2, 0.25) is 0 Å². The molecule has 1 aromatic carbocycles. The van der Waals surface area contributed by atoms with E-state index >= 15 is 0 Å². The molecular formula is C25H38O3. The first-order valence-corrected chi connectivity index (χ1v) is 11.4. The molecule has 1 aliphatic carbocycles. The molecule has 3 nitrogen and oxygen atoms in total. The maximum atomic E-state index is 11.8. The van der Waals surface area contributed by atoms with Gasteiger partial charge in [0.25, 0.3) is 0 Å². The number of hydrogen-bond acceptors (Lipinski definition) is 3. The average Bonchev–Trinajstić information content (AvgIpc) is 2.59. The summed E-state index contributed by atoms with van der Waals surface area (Å²) in [6, 6.07) is 4.33. The summed E-state index contributed by atoms with van der Waals surface area (Å²) in [6.45, 7) is 10.5. The van der Waals surface area contributed by atoms with Gasteiger partial charge in [0.15, 0.2) is 0 Å². The predicted molar refractivity (Wildman–Crippen MR) is 114 cm³/mol. The van der Waals surface area contributed by atoms with Gasteiger partial charge in [-0.05, 0) is 69.1 Å². The van der Waals surface area contributed by atoms with Crippen molar-refractivity contribution in [3.63, 3.8) is 0 Å². The number of ether oxygens (including phenoxy) is 2. The first kappa shape index (κ1) is 21.2. The summed E-state index contributed by atoms with van der Waals surface area (Å²) in [5.74, 6) is 3.04. The summed E-state index contributed by atoms with van der Waals surface area (Å²) in [7, 11) is 0. The fourth-order valence-corrected chi connectivity index (χ4v) is 5.31. The van der Waals surface area contributed by atoms with Gasteiger partial charge in [-0.2, -0.15) is 0 Å². The van der Waals surface area contributed by atoms with Gasteiger partial charge in [-0.25, -0.2) is 0 Å². The molecule has 0 aromatic heterocycles. The maximum Gasteiger partial charge on any atom is 0.308 e. The Bertz CT molecular complexity index is 691. The minimum Gasteiger partial charge on any atom is -0.487 e. The van der Waals surface area contributed by atoms with Gasteiger partial charge in [0, 0.05) is 18.4 Å². The second-order valence-corrected chi connectivity index (χ2v) is 9.60. The molecule has 1 aromatic rings. The number of carbonyl (C=O) groups is 1. The molecule has 2 aliphatic rings. The van der Waals surface area contributed by atoms with Gasteiger partial charge in [-0.3, -0.25) is 4.79 Å². The molecule has 0 saturated heterocycles. The Balaban J connectivity index is 1.91. The van der Waals surface area contributed by atoms with Crippen molar-refractivity contribution >= 4 is 5.97 Å². The molecule has 3 rings (SSSR count). The monoisotopic (exact) mass is 386 g/mol. The molecule has 156 valence electrons. The Kier molecular flexibility index (Phi) is 6.73. The molecule has 0 radical (unpaired) electrons. The largest absolute Gasteiger partial charge is 0.487 e. The lowest BCUT2D eigenvalue weighted by Crippen LogP contribution is -2.46. The van der Waals surface area contributed by atoms with Gasteiger partial charge in [0.05, 0.1) is 0 Å². The van der Waals surface area contributed by atoms with E-state index < -0.39 is 0 Å². The van der Waals surface area contributed by atoms with Crippen LogP contribution >= 0.6 is 0 Å². The topological polar surface area (TPSA) is 35.5 Å². The maximum absolute atomic E-state index is 11.8. The van der Waals surface area contributed by atoms with E-state index in [1.54, 1.807) is 0 Å². The Hall–Kier alpha value is -1.51. The summed E-state index contributed by atoms with van der Waals surface area (Å²) in [5.41, 5.74) is 2.19. The van der Waals surface area contributed by atoms with Crippen LogP contribution < -0.4 is 9.47 Å². The highest BCUT2D eigenvalue weighted by molar-refractivity contribution is 5.71.